The highest BCUT2D eigenvalue weighted by molar-refractivity contribution is 5.90. The standard InChI is InChI=1S/C9H6O2.C6H4.ClH/c1-2-7-5-3-4-6-8(7)9(10)11;1-2-6-4-3-5(1)6;/h1,3-6H,(H,10,11);1-4H;1H. The first-order valence-electron chi connectivity index (χ1n) is 5.12. The van der Waals surface area contributed by atoms with Crippen LogP contribution >= 0.6 is 12.4 Å². The molecule has 0 radical (unpaired) electrons. The third kappa shape index (κ3) is 2.71. The summed E-state index contributed by atoms with van der Waals surface area (Å²) >= 11 is 0. The van der Waals surface area contributed by atoms with Gasteiger partial charge in [-0.25, -0.2) is 4.79 Å². The molecule has 0 bridgehead atoms. The zero-order chi connectivity index (χ0) is 12.3. The summed E-state index contributed by atoms with van der Waals surface area (Å²) in [7, 11) is 0. The van der Waals surface area contributed by atoms with E-state index in [0.717, 1.165) is 0 Å². The maximum absolute atomic E-state index is 10.5. The van der Waals surface area contributed by atoms with Gasteiger partial charge in [0.05, 0.1) is 5.56 Å². The Morgan fingerprint density at radius 2 is 1.50 bits per heavy atom. The van der Waals surface area contributed by atoms with Crippen LogP contribution in [-0.4, -0.2) is 11.1 Å². The Bertz CT molecular complexity index is 574. The van der Waals surface area contributed by atoms with Gasteiger partial charge in [0, 0.05) is 5.56 Å². The van der Waals surface area contributed by atoms with E-state index in [-0.39, 0.29) is 18.0 Å². The van der Waals surface area contributed by atoms with Gasteiger partial charge in [-0.15, -0.1) is 18.8 Å². The maximum atomic E-state index is 10.5. The molecule has 2 aliphatic rings. The number of hydrogen-bond donors (Lipinski definition) is 1. The second-order valence-electron chi connectivity index (χ2n) is 3.57. The van der Waals surface area contributed by atoms with Crippen molar-refractivity contribution >= 4 is 18.4 Å². The van der Waals surface area contributed by atoms with Gasteiger partial charge < -0.3 is 5.11 Å². The minimum absolute atomic E-state index is 0. The number of hydrogen-bond acceptors (Lipinski definition) is 1. The molecule has 2 aliphatic carbocycles. The molecule has 0 atom stereocenters. The molecule has 2 nitrogen and oxygen atoms in total. The lowest BCUT2D eigenvalue weighted by atomic mass is 9.95. The molecule has 0 heterocycles. The highest BCUT2D eigenvalue weighted by atomic mass is 35.5. The molecule has 0 unspecified atom stereocenters. The Balaban J connectivity index is 0.000000194. The van der Waals surface area contributed by atoms with Crippen LogP contribution in [0.4, 0.5) is 0 Å². The van der Waals surface area contributed by atoms with Crippen LogP contribution < -0.4 is 0 Å². The fourth-order valence-corrected chi connectivity index (χ4v) is 1.46. The van der Waals surface area contributed by atoms with Gasteiger partial charge in [0.2, 0.25) is 0 Å². The number of fused-ring (bicyclic) bond motifs is 1. The molecule has 0 saturated carbocycles. The Hall–Kier alpha value is -2.24. The Labute approximate surface area is 112 Å². The van der Waals surface area contributed by atoms with Crippen molar-refractivity contribution in [1.29, 1.82) is 0 Å². The summed E-state index contributed by atoms with van der Waals surface area (Å²) in [4.78, 5) is 10.5. The quantitative estimate of drug-likeness (QED) is 0.679. The first-order chi connectivity index (χ1) is 8.22. The lowest BCUT2D eigenvalue weighted by molar-refractivity contribution is 0.0696. The zero-order valence-electron chi connectivity index (χ0n) is 9.46. The summed E-state index contributed by atoms with van der Waals surface area (Å²) in [6, 6.07) is 14.9. The van der Waals surface area contributed by atoms with Crippen LogP contribution in [0.15, 0.2) is 48.5 Å². The van der Waals surface area contributed by atoms with Crippen LogP contribution in [0.5, 0.6) is 0 Å². The SMILES string of the molecule is C#Cc1ccccc1C(=O)O.Cl.c1cc2ccc1-2. The fourth-order valence-electron chi connectivity index (χ4n) is 1.46. The fraction of sp³-hybridized carbons (Fsp3) is 0. The van der Waals surface area contributed by atoms with Gasteiger partial charge in [0.25, 0.3) is 0 Å². The predicted molar refractivity (Wildman–Crippen MR) is 74.0 cm³/mol. The minimum Gasteiger partial charge on any atom is -0.478 e. The minimum atomic E-state index is -0.987. The Morgan fingerprint density at radius 1 is 1.00 bits per heavy atom. The van der Waals surface area contributed by atoms with Crippen LogP contribution in [0, 0.1) is 12.3 Å². The number of carbonyl (C=O) groups is 1. The summed E-state index contributed by atoms with van der Waals surface area (Å²) in [5.41, 5.74) is 3.44. The van der Waals surface area contributed by atoms with Gasteiger partial charge in [0.1, 0.15) is 0 Å². The average molecular weight is 259 g/mol. The second-order valence-corrected chi connectivity index (χ2v) is 3.57. The van der Waals surface area contributed by atoms with Gasteiger partial charge in [-0.3, -0.25) is 0 Å². The molecule has 18 heavy (non-hydrogen) atoms. The topological polar surface area (TPSA) is 37.3 Å². The third-order valence-corrected chi connectivity index (χ3v) is 2.53. The van der Waals surface area contributed by atoms with E-state index in [1.165, 1.54) is 17.2 Å². The van der Waals surface area contributed by atoms with E-state index in [1.807, 2.05) is 0 Å². The van der Waals surface area contributed by atoms with Crippen molar-refractivity contribution in [2.24, 2.45) is 0 Å². The van der Waals surface area contributed by atoms with Crippen LogP contribution in [0.3, 0.4) is 0 Å². The molecule has 0 aromatic heterocycles. The lowest BCUT2D eigenvalue weighted by Gasteiger charge is -2.10. The number of rotatable bonds is 1. The number of aromatic carboxylic acids is 1. The van der Waals surface area contributed by atoms with Gasteiger partial charge in [-0.05, 0) is 23.3 Å². The Kier molecular flexibility index (Phi) is 4.53. The maximum Gasteiger partial charge on any atom is 0.336 e. The van der Waals surface area contributed by atoms with Gasteiger partial charge in [-0.2, -0.15) is 0 Å². The summed E-state index contributed by atoms with van der Waals surface area (Å²) in [6.07, 6.45) is 5.08. The van der Waals surface area contributed by atoms with Crippen molar-refractivity contribution in [1.82, 2.24) is 0 Å². The molecular weight excluding hydrogens is 248 g/mol. The van der Waals surface area contributed by atoms with E-state index in [9.17, 15) is 4.79 Å². The molecule has 1 N–H and O–H groups in total. The molecular formula is C15H11ClO2. The van der Waals surface area contributed by atoms with E-state index in [0.29, 0.717) is 5.56 Å². The van der Waals surface area contributed by atoms with Crippen LogP contribution in [0.2, 0.25) is 0 Å². The molecule has 90 valence electrons. The lowest BCUT2D eigenvalue weighted by Crippen LogP contribution is -1.98. The second kappa shape index (κ2) is 5.90. The zero-order valence-corrected chi connectivity index (χ0v) is 10.3. The van der Waals surface area contributed by atoms with Crippen LogP contribution in [0.25, 0.3) is 11.1 Å². The van der Waals surface area contributed by atoms with Gasteiger partial charge in [-0.1, -0.05) is 42.3 Å². The monoisotopic (exact) mass is 258 g/mol. The van der Waals surface area contributed by atoms with E-state index in [1.54, 1.807) is 18.2 Å². The molecule has 0 saturated heterocycles. The van der Waals surface area contributed by atoms with Crippen LogP contribution in [0.1, 0.15) is 15.9 Å². The largest absolute Gasteiger partial charge is 0.478 e. The Morgan fingerprint density at radius 3 is 1.78 bits per heavy atom. The van der Waals surface area contributed by atoms with E-state index in [4.69, 9.17) is 11.5 Å². The van der Waals surface area contributed by atoms with Crippen molar-refractivity contribution in [2.75, 3.05) is 0 Å². The molecule has 0 amide bonds. The van der Waals surface area contributed by atoms with E-state index >= 15 is 0 Å². The van der Waals surface area contributed by atoms with Crippen molar-refractivity contribution in [2.45, 2.75) is 0 Å². The summed E-state index contributed by atoms with van der Waals surface area (Å²) in [5.74, 6) is 1.31. The molecule has 0 aliphatic heterocycles. The van der Waals surface area contributed by atoms with Crippen LogP contribution in [-0.2, 0) is 0 Å². The molecule has 3 rings (SSSR count). The first-order valence-corrected chi connectivity index (χ1v) is 5.12. The number of carboxylic acid groups (broad SMARTS) is 1. The highest BCUT2D eigenvalue weighted by Gasteiger charge is 2.05. The highest BCUT2D eigenvalue weighted by Crippen LogP contribution is 2.29. The van der Waals surface area contributed by atoms with Crippen molar-refractivity contribution in [3.63, 3.8) is 0 Å². The number of terminal acetylenes is 1. The summed E-state index contributed by atoms with van der Waals surface area (Å²) in [6.45, 7) is 0. The van der Waals surface area contributed by atoms with Gasteiger partial charge in [0.15, 0.2) is 0 Å². The van der Waals surface area contributed by atoms with E-state index < -0.39 is 5.97 Å². The predicted octanol–water partition coefficient (Wildman–Crippen LogP) is 3.45. The number of halogens is 1. The normalized spacial score (nSPS) is 9.06. The van der Waals surface area contributed by atoms with Crippen molar-refractivity contribution < 1.29 is 9.90 Å². The smallest absolute Gasteiger partial charge is 0.336 e. The summed E-state index contributed by atoms with van der Waals surface area (Å²) in [5, 5.41) is 8.60. The third-order valence-electron chi connectivity index (χ3n) is 2.53. The molecule has 0 spiro atoms. The first kappa shape index (κ1) is 13.8. The van der Waals surface area contributed by atoms with Gasteiger partial charge >= 0.3 is 5.97 Å². The number of benzene rings is 2. The molecule has 3 heteroatoms. The molecule has 0 fully saturated rings. The molecule has 1 aromatic rings. The van der Waals surface area contributed by atoms with Crippen molar-refractivity contribution in [3.8, 4) is 23.5 Å². The molecule has 1 aromatic carbocycles. The van der Waals surface area contributed by atoms with E-state index in [2.05, 4.69) is 30.2 Å². The average Bonchev–Trinajstić information content (AvgIpc) is 2.34. The van der Waals surface area contributed by atoms with Crippen molar-refractivity contribution in [3.05, 3.63) is 59.7 Å². The number of carboxylic acids is 1. The summed E-state index contributed by atoms with van der Waals surface area (Å²) < 4.78 is 0.